The van der Waals surface area contributed by atoms with Crippen LogP contribution in [-0.4, -0.2) is 29.0 Å². The summed E-state index contributed by atoms with van der Waals surface area (Å²) >= 11 is 0. The SMILES string of the molecule is Cc1ccc(NC(=O)c2cccc(C(F)(F)F)c2)cc1N1Cc2cnc(Nc3cccnc3)cc2N(C)C1=O. The number of urea groups is 1. The smallest absolute Gasteiger partial charge is 0.339 e. The summed E-state index contributed by atoms with van der Waals surface area (Å²) in [4.78, 5) is 37.7. The number of halogens is 3. The van der Waals surface area contributed by atoms with E-state index in [-0.39, 0.29) is 18.1 Å². The zero-order chi connectivity index (χ0) is 27.7. The molecule has 0 unspecified atom stereocenters. The fourth-order valence-corrected chi connectivity index (χ4v) is 4.29. The van der Waals surface area contributed by atoms with Crippen molar-refractivity contribution in [2.75, 3.05) is 27.5 Å². The number of nitrogens with one attached hydrogen (secondary N) is 2. The van der Waals surface area contributed by atoms with Crippen LogP contribution in [0.15, 0.2) is 79.3 Å². The first-order valence-corrected chi connectivity index (χ1v) is 11.9. The highest BCUT2D eigenvalue weighted by atomic mass is 19.4. The second-order valence-corrected chi connectivity index (χ2v) is 9.03. The van der Waals surface area contributed by atoms with Gasteiger partial charge in [-0.3, -0.25) is 19.6 Å². The van der Waals surface area contributed by atoms with Crippen molar-refractivity contribution >= 4 is 40.5 Å². The number of aromatic nitrogens is 2. The highest BCUT2D eigenvalue weighted by Crippen LogP contribution is 2.35. The molecular weight excluding hydrogens is 509 g/mol. The van der Waals surface area contributed by atoms with E-state index in [2.05, 4.69) is 20.6 Å². The second kappa shape index (κ2) is 10.1. The number of anilines is 5. The molecule has 0 bridgehead atoms. The van der Waals surface area contributed by atoms with E-state index in [4.69, 9.17) is 0 Å². The maximum absolute atomic E-state index is 13.4. The molecule has 0 radical (unpaired) electrons. The molecule has 2 aromatic carbocycles. The third kappa shape index (κ3) is 5.37. The van der Waals surface area contributed by atoms with E-state index in [1.54, 1.807) is 60.9 Å². The maximum Gasteiger partial charge on any atom is 0.416 e. The highest BCUT2D eigenvalue weighted by Gasteiger charge is 2.32. The highest BCUT2D eigenvalue weighted by molar-refractivity contribution is 6.08. The van der Waals surface area contributed by atoms with Gasteiger partial charge < -0.3 is 10.6 Å². The van der Waals surface area contributed by atoms with Crippen LogP contribution in [0, 0.1) is 6.92 Å². The van der Waals surface area contributed by atoms with Crippen LogP contribution >= 0.6 is 0 Å². The molecule has 39 heavy (non-hydrogen) atoms. The molecule has 198 valence electrons. The van der Waals surface area contributed by atoms with Gasteiger partial charge in [0.15, 0.2) is 0 Å². The number of hydrogen-bond donors (Lipinski definition) is 2. The molecule has 1 aliphatic rings. The molecule has 0 atom stereocenters. The molecule has 4 aromatic rings. The van der Waals surface area contributed by atoms with Gasteiger partial charge in [0.05, 0.1) is 35.4 Å². The number of benzene rings is 2. The molecule has 8 nitrogen and oxygen atoms in total. The Morgan fingerprint density at radius 3 is 2.54 bits per heavy atom. The molecule has 0 aliphatic carbocycles. The van der Waals surface area contributed by atoms with Crippen LogP contribution in [0.2, 0.25) is 0 Å². The minimum absolute atomic E-state index is 0.128. The summed E-state index contributed by atoms with van der Waals surface area (Å²) in [5, 5.41) is 5.80. The zero-order valence-electron chi connectivity index (χ0n) is 21.0. The predicted molar refractivity (Wildman–Crippen MR) is 142 cm³/mol. The summed E-state index contributed by atoms with van der Waals surface area (Å²) in [6, 6.07) is 14.4. The number of hydrogen-bond acceptors (Lipinski definition) is 5. The van der Waals surface area contributed by atoms with Gasteiger partial charge in [-0.2, -0.15) is 13.2 Å². The normalized spacial score (nSPS) is 13.2. The lowest BCUT2D eigenvalue weighted by Gasteiger charge is -2.36. The lowest BCUT2D eigenvalue weighted by molar-refractivity contribution is -0.137. The van der Waals surface area contributed by atoms with E-state index in [1.165, 1.54) is 17.0 Å². The summed E-state index contributed by atoms with van der Waals surface area (Å²) in [7, 11) is 1.66. The van der Waals surface area contributed by atoms with Crippen LogP contribution in [0.3, 0.4) is 0 Å². The molecule has 3 amide bonds. The fourth-order valence-electron chi connectivity index (χ4n) is 4.29. The summed E-state index contributed by atoms with van der Waals surface area (Å²) in [5.74, 6) is -0.133. The Morgan fingerprint density at radius 1 is 0.974 bits per heavy atom. The molecule has 2 aromatic heterocycles. The van der Waals surface area contributed by atoms with E-state index >= 15 is 0 Å². The van der Waals surface area contributed by atoms with Crippen LogP contribution in [0.4, 0.5) is 46.5 Å². The lowest BCUT2D eigenvalue weighted by atomic mass is 10.1. The van der Waals surface area contributed by atoms with E-state index in [0.29, 0.717) is 22.9 Å². The molecule has 2 N–H and O–H groups in total. The van der Waals surface area contributed by atoms with E-state index in [1.807, 2.05) is 13.0 Å². The van der Waals surface area contributed by atoms with E-state index in [9.17, 15) is 22.8 Å². The molecular formula is C28H23F3N6O2. The van der Waals surface area contributed by atoms with Crippen molar-refractivity contribution in [3.63, 3.8) is 0 Å². The van der Waals surface area contributed by atoms with Crippen molar-refractivity contribution in [2.24, 2.45) is 0 Å². The molecule has 0 saturated carbocycles. The monoisotopic (exact) mass is 532 g/mol. The van der Waals surface area contributed by atoms with Crippen LogP contribution in [0.25, 0.3) is 0 Å². The Balaban J connectivity index is 1.38. The van der Waals surface area contributed by atoms with Gasteiger partial charge in [-0.1, -0.05) is 12.1 Å². The largest absolute Gasteiger partial charge is 0.416 e. The average Bonchev–Trinajstić information content (AvgIpc) is 2.92. The first kappa shape index (κ1) is 25.7. The molecule has 5 rings (SSSR count). The van der Waals surface area contributed by atoms with Gasteiger partial charge in [0.25, 0.3) is 5.91 Å². The quantitative estimate of drug-likeness (QED) is 0.312. The van der Waals surface area contributed by atoms with Crippen LogP contribution in [-0.2, 0) is 12.7 Å². The van der Waals surface area contributed by atoms with Crippen molar-refractivity contribution in [2.45, 2.75) is 19.6 Å². The summed E-state index contributed by atoms with van der Waals surface area (Å²) in [5.41, 5.74) is 2.90. The Kier molecular flexibility index (Phi) is 6.65. The number of fused-ring (bicyclic) bond motifs is 1. The molecule has 11 heteroatoms. The van der Waals surface area contributed by atoms with Gasteiger partial charge in [0.2, 0.25) is 0 Å². The third-order valence-corrected chi connectivity index (χ3v) is 6.31. The summed E-state index contributed by atoms with van der Waals surface area (Å²) in [6.07, 6.45) is 0.465. The summed E-state index contributed by atoms with van der Waals surface area (Å²) < 4.78 is 39.2. The molecule has 0 saturated heterocycles. The lowest BCUT2D eigenvalue weighted by Crippen LogP contribution is -2.45. The van der Waals surface area contributed by atoms with Gasteiger partial charge in [-0.05, 0) is 55.0 Å². The first-order valence-electron chi connectivity index (χ1n) is 11.9. The minimum Gasteiger partial charge on any atom is -0.339 e. The maximum atomic E-state index is 13.4. The molecule has 0 spiro atoms. The van der Waals surface area contributed by atoms with Crippen LogP contribution < -0.4 is 20.4 Å². The second-order valence-electron chi connectivity index (χ2n) is 9.03. The Bertz CT molecular complexity index is 1560. The number of aryl methyl sites for hydroxylation is 1. The number of carbonyl (C=O) groups is 2. The molecule has 3 heterocycles. The number of alkyl halides is 3. The Morgan fingerprint density at radius 2 is 1.79 bits per heavy atom. The predicted octanol–water partition coefficient (Wildman–Crippen LogP) is 6.38. The standard InChI is InChI=1S/C28H23F3N6O2/c1-17-8-9-21(35-26(38)18-5-3-6-20(11-18)28(29,30)31)12-23(17)37-16-19-14-33-25(13-24(19)36(2)27(37)39)34-22-7-4-10-32-15-22/h3-15H,16H2,1-2H3,(H,33,34)(H,35,38). The number of amides is 3. The van der Waals surface area contributed by atoms with Crippen molar-refractivity contribution < 1.29 is 22.8 Å². The van der Waals surface area contributed by atoms with Gasteiger partial charge >= 0.3 is 12.2 Å². The van der Waals surface area contributed by atoms with Gasteiger partial charge in [-0.15, -0.1) is 0 Å². The number of pyridine rings is 2. The van der Waals surface area contributed by atoms with Crippen molar-refractivity contribution in [1.82, 2.24) is 9.97 Å². The van der Waals surface area contributed by atoms with Crippen LogP contribution in [0.1, 0.15) is 27.0 Å². The van der Waals surface area contributed by atoms with Gasteiger partial charge in [0.1, 0.15) is 5.82 Å². The average molecular weight is 533 g/mol. The Labute approximate surface area is 222 Å². The van der Waals surface area contributed by atoms with Crippen LogP contribution in [0.5, 0.6) is 0 Å². The number of carbonyl (C=O) groups excluding carboxylic acids is 2. The first-order chi connectivity index (χ1) is 18.6. The minimum atomic E-state index is -4.56. The van der Waals surface area contributed by atoms with Crippen molar-refractivity contribution in [3.05, 3.63) is 102 Å². The van der Waals surface area contributed by atoms with Crippen molar-refractivity contribution in [3.8, 4) is 0 Å². The molecule has 1 aliphatic heterocycles. The van der Waals surface area contributed by atoms with E-state index in [0.717, 1.165) is 28.9 Å². The van der Waals surface area contributed by atoms with Gasteiger partial charge in [0, 0.05) is 42.3 Å². The third-order valence-electron chi connectivity index (χ3n) is 6.31. The zero-order valence-corrected chi connectivity index (χ0v) is 21.0. The van der Waals surface area contributed by atoms with Gasteiger partial charge in [-0.25, -0.2) is 9.78 Å². The topological polar surface area (TPSA) is 90.5 Å². The summed E-state index contributed by atoms with van der Waals surface area (Å²) in [6.45, 7) is 2.07. The molecule has 0 fully saturated rings. The van der Waals surface area contributed by atoms with Crippen molar-refractivity contribution in [1.29, 1.82) is 0 Å². The fraction of sp³-hybridized carbons (Fsp3) is 0.143. The van der Waals surface area contributed by atoms with E-state index < -0.39 is 17.6 Å². The number of rotatable bonds is 5. The number of nitrogens with zero attached hydrogens (tertiary/aromatic N) is 4. The Hall–Kier alpha value is -4.93.